The van der Waals surface area contributed by atoms with E-state index >= 15 is 0 Å². The minimum absolute atomic E-state index is 0.122. The Hall–Kier alpha value is -3.11. The number of carbonyl (C=O) groups excluding carboxylic acids is 1. The summed E-state index contributed by atoms with van der Waals surface area (Å²) < 4.78 is 5.78. The molecule has 3 aromatic carbocycles. The molecule has 0 saturated heterocycles. The van der Waals surface area contributed by atoms with Crippen molar-refractivity contribution in [2.24, 2.45) is 0 Å². The van der Waals surface area contributed by atoms with Crippen molar-refractivity contribution in [2.75, 3.05) is 6.61 Å². The number of rotatable bonds is 8. The van der Waals surface area contributed by atoms with Gasteiger partial charge in [-0.3, -0.25) is 4.79 Å². The van der Waals surface area contributed by atoms with Crippen molar-refractivity contribution in [3.05, 3.63) is 102 Å². The van der Waals surface area contributed by atoms with E-state index in [9.17, 15) is 9.90 Å². The highest BCUT2D eigenvalue weighted by Gasteiger charge is 2.16. The van der Waals surface area contributed by atoms with Crippen LogP contribution in [0.5, 0.6) is 5.75 Å². The van der Waals surface area contributed by atoms with Gasteiger partial charge in [0.25, 0.3) is 5.91 Å². The predicted octanol–water partition coefficient (Wildman–Crippen LogP) is 3.60. The van der Waals surface area contributed by atoms with Gasteiger partial charge >= 0.3 is 0 Å². The second-order valence-electron chi connectivity index (χ2n) is 6.30. The summed E-state index contributed by atoms with van der Waals surface area (Å²) in [5, 5.41) is 12.6. The minimum atomic E-state index is -0.344. The van der Waals surface area contributed by atoms with Crippen LogP contribution >= 0.6 is 0 Å². The third-order valence-electron chi connectivity index (χ3n) is 4.28. The van der Waals surface area contributed by atoms with Gasteiger partial charge < -0.3 is 15.2 Å². The van der Waals surface area contributed by atoms with E-state index in [0.29, 0.717) is 18.6 Å². The Morgan fingerprint density at radius 1 is 0.889 bits per heavy atom. The zero-order chi connectivity index (χ0) is 18.9. The van der Waals surface area contributed by atoms with Gasteiger partial charge in [0.05, 0.1) is 12.6 Å². The number of hydrogen-bond acceptors (Lipinski definition) is 3. The predicted molar refractivity (Wildman–Crippen MR) is 106 cm³/mol. The van der Waals surface area contributed by atoms with E-state index in [1.54, 1.807) is 6.07 Å². The smallest absolute Gasteiger partial charge is 0.251 e. The Morgan fingerprint density at radius 3 is 2.22 bits per heavy atom. The average molecular weight is 361 g/mol. The van der Waals surface area contributed by atoms with Crippen LogP contribution in [-0.4, -0.2) is 23.7 Å². The van der Waals surface area contributed by atoms with Gasteiger partial charge in [-0.2, -0.15) is 0 Å². The van der Waals surface area contributed by atoms with E-state index in [4.69, 9.17) is 4.74 Å². The Bertz CT molecular complexity index is 850. The highest BCUT2D eigenvalue weighted by Crippen LogP contribution is 2.15. The Morgan fingerprint density at radius 2 is 1.52 bits per heavy atom. The summed E-state index contributed by atoms with van der Waals surface area (Å²) in [6, 6.07) is 26.3. The molecule has 2 N–H and O–H groups in total. The lowest BCUT2D eigenvalue weighted by Gasteiger charge is -2.18. The van der Waals surface area contributed by atoms with Gasteiger partial charge in [0.1, 0.15) is 12.4 Å². The minimum Gasteiger partial charge on any atom is -0.489 e. The standard InChI is InChI=1S/C23H23NO3/c25-16-20(15-18-9-3-1-4-10-18)24-23(26)22-14-8-7-11-19(22)17-27-21-12-5-2-6-13-21/h1-14,20,25H,15-17H2,(H,24,26)/t20-/m0/s1. The van der Waals surface area contributed by atoms with Crippen molar-refractivity contribution in [1.82, 2.24) is 5.32 Å². The molecule has 0 aliphatic carbocycles. The highest BCUT2D eigenvalue weighted by molar-refractivity contribution is 5.95. The highest BCUT2D eigenvalue weighted by atomic mass is 16.5. The average Bonchev–Trinajstić information content (AvgIpc) is 2.73. The fourth-order valence-corrected chi connectivity index (χ4v) is 2.87. The fraction of sp³-hybridized carbons (Fsp3) is 0.174. The van der Waals surface area contributed by atoms with Gasteiger partial charge in [0.2, 0.25) is 0 Å². The largest absolute Gasteiger partial charge is 0.489 e. The monoisotopic (exact) mass is 361 g/mol. The molecule has 0 heterocycles. The fourth-order valence-electron chi connectivity index (χ4n) is 2.87. The van der Waals surface area contributed by atoms with E-state index in [1.807, 2.05) is 78.9 Å². The Labute approximate surface area is 159 Å². The molecule has 0 saturated carbocycles. The molecule has 0 radical (unpaired) electrons. The molecule has 4 heteroatoms. The maximum Gasteiger partial charge on any atom is 0.251 e. The van der Waals surface area contributed by atoms with Crippen LogP contribution in [0.3, 0.4) is 0 Å². The molecule has 1 atom stereocenters. The first kappa shape index (κ1) is 18.7. The molecule has 0 bridgehead atoms. The van der Waals surface area contributed by atoms with Crippen LogP contribution in [0.25, 0.3) is 0 Å². The number of carbonyl (C=O) groups is 1. The number of para-hydroxylation sites is 1. The topological polar surface area (TPSA) is 58.6 Å². The van der Waals surface area contributed by atoms with Crippen molar-refractivity contribution in [3.8, 4) is 5.75 Å². The van der Waals surface area contributed by atoms with Gasteiger partial charge in [-0.1, -0.05) is 66.7 Å². The van der Waals surface area contributed by atoms with Crippen molar-refractivity contribution >= 4 is 5.91 Å². The zero-order valence-corrected chi connectivity index (χ0v) is 15.0. The van der Waals surface area contributed by atoms with Gasteiger partial charge in [0.15, 0.2) is 0 Å². The quantitative estimate of drug-likeness (QED) is 0.644. The lowest BCUT2D eigenvalue weighted by atomic mass is 10.0. The molecule has 0 spiro atoms. The SMILES string of the molecule is O=C(N[C@H](CO)Cc1ccccc1)c1ccccc1COc1ccccc1. The first-order chi connectivity index (χ1) is 13.3. The Balaban J connectivity index is 1.66. The number of hydrogen-bond donors (Lipinski definition) is 2. The van der Waals surface area contributed by atoms with Crippen molar-refractivity contribution in [1.29, 1.82) is 0 Å². The van der Waals surface area contributed by atoms with E-state index in [2.05, 4.69) is 5.32 Å². The summed E-state index contributed by atoms with van der Waals surface area (Å²) in [4.78, 5) is 12.8. The number of nitrogens with one attached hydrogen (secondary N) is 1. The van der Waals surface area contributed by atoms with Crippen LogP contribution < -0.4 is 10.1 Å². The molecule has 0 aromatic heterocycles. The third-order valence-corrected chi connectivity index (χ3v) is 4.28. The van der Waals surface area contributed by atoms with Crippen molar-refractivity contribution in [3.63, 3.8) is 0 Å². The first-order valence-electron chi connectivity index (χ1n) is 8.97. The molecule has 1 amide bonds. The van der Waals surface area contributed by atoms with E-state index < -0.39 is 0 Å². The molecule has 0 unspecified atom stereocenters. The molecule has 0 aliphatic rings. The zero-order valence-electron chi connectivity index (χ0n) is 15.0. The van der Waals surface area contributed by atoms with Crippen molar-refractivity contribution < 1.29 is 14.6 Å². The maximum absolute atomic E-state index is 12.8. The number of amides is 1. The second-order valence-corrected chi connectivity index (χ2v) is 6.30. The molecule has 4 nitrogen and oxygen atoms in total. The number of ether oxygens (including phenoxy) is 1. The molecule has 138 valence electrons. The molecule has 3 aromatic rings. The Kier molecular flexibility index (Phi) is 6.61. The lowest BCUT2D eigenvalue weighted by molar-refractivity contribution is 0.0914. The number of aliphatic hydroxyl groups is 1. The molecular formula is C23H23NO3. The van der Waals surface area contributed by atoms with Crippen LogP contribution in [0, 0.1) is 0 Å². The van der Waals surface area contributed by atoms with Crippen LogP contribution in [0.15, 0.2) is 84.9 Å². The van der Waals surface area contributed by atoms with Gasteiger partial charge in [0, 0.05) is 11.1 Å². The molecule has 0 fully saturated rings. The normalized spacial score (nSPS) is 11.6. The van der Waals surface area contributed by atoms with Crippen LogP contribution in [0.4, 0.5) is 0 Å². The summed E-state index contributed by atoms with van der Waals surface area (Å²) in [6.45, 7) is 0.180. The number of benzene rings is 3. The van der Waals surface area contributed by atoms with E-state index in [-0.39, 0.29) is 18.6 Å². The maximum atomic E-state index is 12.8. The summed E-state index contributed by atoms with van der Waals surface area (Å²) in [5.74, 6) is 0.544. The van der Waals surface area contributed by atoms with Gasteiger partial charge in [-0.25, -0.2) is 0 Å². The van der Waals surface area contributed by atoms with E-state index in [0.717, 1.165) is 16.9 Å². The van der Waals surface area contributed by atoms with Crippen molar-refractivity contribution in [2.45, 2.75) is 19.1 Å². The molecule has 0 aliphatic heterocycles. The first-order valence-corrected chi connectivity index (χ1v) is 8.97. The lowest BCUT2D eigenvalue weighted by Crippen LogP contribution is -2.39. The van der Waals surface area contributed by atoms with Crippen LogP contribution in [0.2, 0.25) is 0 Å². The number of aliphatic hydroxyl groups excluding tert-OH is 1. The summed E-state index contributed by atoms with van der Waals surface area (Å²) >= 11 is 0. The van der Waals surface area contributed by atoms with Crippen LogP contribution in [-0.2, 0) is 13.0 Å². The second kappa shape index (κ2) is 9.55. The molecular weight excluding hydrogens is 338 g/mol. The van der Waals surface area contributed by atoms with E-state index in [1.165, 1.54) is 0 Å². The van der Waals surface area contributed by atoms with Gasteiger partial charge in [-0.15, -0.1) is 0 Å². The van der Waals surface area contributed by atoms with Crippen LogP contribution in [0.1, 0.15) is 21.5 Å². The molecule has 27 heavy (non-hydrogen) atoms. The molecule has 3 rings (SSSR count). The summed E-state index contributed by atoms with van der Waals surface area (Å²) in [6.07, 6.45) is 0.575. The summed E-state index contributed by atoms with van der Waals surface area (Å²) in [7, 11) is 0. The summed E-state index contributed by atoms with van der Waals surface area (Å²) in [5.41, 5.74) is 2.42. The third kappa shape index (κ3) is 5.43. The van der Waals surface area contributed by atoms with Gasteiger partial charge in [-0.05, 0) is 30.2 Å².